The Hall–Kier alpha value is -3.31. The first-order valence-corrected chi connectivity index (χ1v) is 14.2. The number of aromatic nitrogens is 4. The molecule has 1 aliphatic heterocycles. The number of thiophene rings is 1. The van der Waals surface area contributed by atoms with Crippen molar-refractivity contribution in [3.05, 3.63) is 46.7 Å². The number of nitrogens with zero attached hydrogens (tertiary/aromatic N) is 5. The van der Waals surface area contributed by atoms with Crippen molar-refractivity contribution in [1.29, 1.82) is 0 Å². The first kappa shape index (κ1) is 26.3. The summed E-state index contributed by atoms with van der Waals surface area (Å²) < 4.78 is 11.1. The van der Waals surface area contributed by atoms with Gasteiger partial charge in [0.25, 0.3) is 0 Å². The molecule has 5 rings (SSSR count). The maximum absolute atomic E-state index is 13.8. The maximum atomic E-state index is 13.8. The summed E-state index contributed by atoms with van der Waals surface area (Å²) >= 11 is 1.48. The van der Waals surface area contributed by atoms with Gasteiger partial charge in [-0.1, -0.05) is 25.3 Å². The SMILES string of the molecule is COc1ccc(-c2nnn(CC(=O)N(CC3CCCO3)C(C(=O)NC3CCCCC3)c3cccs3)n2)cc1. The van der Waals surface area contributed by atoms with Gasteiger partial charge in [0.1, 0.15) is 18.3 Å². The number of nitrogens with one attached hydrogen (secondary N) is 1. The van der Waals surface area contributed by atoms with E-state index in [0.29, 0.717) is 19.0 Å². The Kier molecular flexibility index (Phi) is 8.65. The Balaban J connectivity index is 1.37. The quantitative estimate of drug-likeness (QED) is 0.420. The maximum Gasteiger partial charge on any atom is 0.248 e. The van der Waals surface area contributed by atoms with Crippen LogP contribution in [0.5, 0.6) is 5.75 Å². The molecule has 10 nitrogen and oxygen atoms in total. The number of benzene rings is 1. The van der Waals surface area contributed by atoms with E-state index in [1.54, 1.807) is 12.0 Å². The summed E-state index contributed by atoms with van der Waals surface area (Å²) in [4.78, 5) is 31.3. The highest BCUT2D eigenvalue weighted by Crippen LogP contribution is 2.29. The number of hydrogen-bond donors (Lipinski definition) is 1. The number of carbonyl (C=O) groups is 2. The van der Waals surface area contributed by atoms with Gasteiger partial charge in [0.05, 0.1) is 13.2 Å². The molecule has 0 spiro atoms. The van der Waals surface area contributed by atoms with Gasteiger partial charge >= 0.3 is 0 Å². The molecule has 0 bridgehead atoms. The molecule has 202 valence electrons. The number of rotatable bonds is 10. The molecule has 0 radical (unpaired) electrons. The summed E-state index contributed by atoms with van der Waals surface area (Å²) in [5.41, 5.74) is 0.768. The second-order valence-electron chi connectivity index (χ2n) is 9.81. The molecule has 2 aromatic heterocycles. The molecule has 1 aliphatic carbocycles. The molecule has 11 heteroatoms. The predicted molar refractivity (Wildman–Crippen MR) is 143 cm³/mol. The van der Waals surface area contributed by atoms with Gasteiger partial charge in [0.15, 0.2) is 0 Å². The summed E-state index contributed by atoms with van der Waals surface area (Å²) in [5.74, 6) is 0.746. The van der Waals surface area contributed by atoms with Gasteiger partial charge in [0.2, 0.25) is 17.6 Å². The van der Waals surface area contributed by atoms with E-state index in [2.05, 4.69) is 20.7 Å². The minimum atomic E-state index is -0.738. The number of amides is 2. The molecule has 2 fully saturated rings. The summed E-state index contributed by atoms with van der Waals surface area (Å²) in [7, 11) is 1.61. The normalized spacial score (nSPS) is 18.7. The summed E-state index contributed by atoms with van der Waals surface area (Å²) in [6.07, 6.45) is 7.06. The minimum absolute atomic E-state index is 0.109. The number of carbonyl (C=O) groups excluding carboxylic acids is 2. The van der Waals surface area contributed by atoms with E-state index >= 15 is 0 Å². The zero-order valence-corrected chi connectivity index (χ0v) is 22.4. The second kappa shape index (κ2) is 12.5. The van der Waals surface area contributed by atoms with E-state index < -0.39 is 6.04 Å². The molecule has 1 aromatic carbocycles. The summed E-state index contributed by atoms with van der Waals surface area (Å²) in [5, 5.41) is 17.9. The van der Waals surface area contributed by atoms with E-state index in [1.807, 2.05) is 41.8 Å². The van der Waals surface area contributed by atoms with Gasteiger partial charge < -0.3 is 19.7 Å². The number of methoxy groups -OCH3 is 1. The van der Waals surface area contributed by atoms with Crippen molar-refractivity contribution < 1.29 is 19.1 Å². The van der Waals surface area contributed by atoms with Crippen LogP contribution in [0.2, 0.25) is 0 Å². The monoisotopic (exact) mass is 538 g/mol. The highest BCUT2D eigenvalue weighted by atomic mass is 32.1. The standard InChI is InChI=1S/C27H34N6O4S/c1-36-21-13-11-19(12-14-21)26-29-31-33(30-26)18-24(34)32(17-22-9-5-15-37-22)25(23-10-6-16-38-23)27(35)28-20-7-3-2-4-8-20/h6,10-14,16,20,22,25H,2-5,7-9,15,17-18H2,1H3,(H,28,35). The zero-order valence-electron chi connectivity index (χ0n) is 21.6. The highest BCUT2D eigenvalue weighted by molar-refractivity contribution is 7.10. The third kappa shape index (κ3) is 6.39. The van der Waals surface area contributed by atoms with Crippen LogP contribution >= 0.6 is 11.3 Å². The van der Waals surface area contributed by atoms with Gasteiger partial charge in [-0.25, -0.2) is 0 Å². The molecular weight excluding hydrogens is 504 g/mol. The molecule has 38 heavy (non-hydrogen) atoms. The van der Waals surface area contributed by atoms with E-state index in [0.717, 1.165) is 54.7 Å². The van der Waals surface area contributed by atoms with Gasteiger partial charge in [-0.3, -0.25) is 9.59 Å². The number of hydrogen-bond acceptors (Lipinski definition) is 8. The smallest absolute Gasteiger partial charge is 0.248 e. The van der Waals surface area contributed by atoms with Crippen LogP contribution in [0.25, 0.3) is 11.4 Å². The van der Waals surface area contributed by atoms with Crippen molar-refractivity contribution in [1.82, 2.24) is 30.4 Å². The summed E-state index contributed by atoms with van der Waals surface area (Å²) in [6, 6.07) is 10.6. The molecule has 2 unspecified atom stereocenters. The van der Waals surface area contributed by atoms with Crippen molar-refractivity contribution in [3.8, 4) is 17.1 Å². The van der Waals surface area contributed by atoms with E-state index in [9.17, 15) is 9.59 Å². The van der Waals surface area contributed by atoms with Crippen molar-refractivity contribution in [2.24, 2.45) is 0 Å². The molecule has 3 heterocycles. The fourth-order valence-electron chi connectivity index (χ4n) is 5.13. The molecule has 1 N–H and O–H groups in total. The first-order valence-electron chi connectivity index (χ1n) is 13.3. The lowest BCUT2D eigenvalue weighted by Crippen LogP contribution is -2.49. The lowest BCUT2D eigenvalue weighted by atomic mass is 9.95. The second-order valence-corrected chi connectivity index (χ2v) is 10.8. The lowest BCUT2D eigenvalue weighted by Gasteiger charge is -2.33. The highest BCUT2D eigenvalue weighted by Gasteiger charge is 2.36. The summed E-state index contributed by atoms with van der Waals surface area (Å²) in [6.45, 7) is 0.870. The molecule has 1 saturated heterocycles. The molecule has 2 atom stereocenters. The first-order chi connectivity index (χ1) is 18.6. The average molecular weight is 539 g/mol. The minimum Gasteiger partial charge on any atom is -0.497 e. The van der Waals surface area contributed by atoms with Gasteiger partial charge in [-0.2, -0.15) is 4.80 Å². The molecular formula is C27H34N6O4S. The number of ether oxygens (including phenoxy) is 2. The van der Waals surface area contributed by atoms with Crippen LogP contribution in [0.3, 0.4) is 0 Å². The van der Waals surface area contributed by atoms with Gasteiger partial charge in [-0.05, 0) is 66.6 Å². The molecule has 1 saturated carbocycles. The van der Waals surface area contributed by atoms with Crippen LogP contribution in [-0.4, -0.2) is 69.3 Å². The van der Waals surface area contributed by atoms with Crippen LogP contribution < -0.4 is 10.1 Å². The van der Waals surface area contributed by atoms with Crippen LogP contribution in [0.1, 0.15) is 55.9 Å². The van der Waals surface area contributed by atoms with E-state index in [-0.39, 0.29) is 30.5 Å². The third-order valence-corrected chi connectivity index (χ3v) is 8.07. The number of tetrazole rings is 1. The molecule has 2 aliphatic rings. The van der Waals surface area contributed by atoms with Crippen molar-refractivity contribution in [2.75, 3.05) is 20.3 Å². The fraction of sp³-hybridized carbons (Fsp3) is 0.519. The van der Waals surface area contributed by atoms with Crippen LogP contribution in [0.15, 0.2) is 41.8 Å². The third-order valence-electron chi connectivity index (χ3n) is 7.15. The fourth-order valence-corrected chi connectivity index (χ4v) is 5.97. The Morgan fingerprint density at radius 2 is 1.97 bits per heavy atom. The Morgan fingerprint density at radius 1 is 1.16 bits per heavy atom. The van der Waals surface area contributed by atoms with Gasteiger partial charge in [0, 0.05) is 29.6 Å². The topological polar surface area (TPSA) is 111 Å². The van der Waals surface area contributed by atoms with Crippen molar-refractivity contribution in [3.63, 3.8) is 0 Å². The Labute approximate surface area is 226 Å². The lowest BCUT2D eigenvalue weighted by molar-refractivity contribution is -0.143. The predicted octanol–water partition coefficient (Wildman–Crippen LogP) is 3.61. The van der Waals surface area contributed by atoms with Crippen molar-refractivity contribution in [2.45, 2.75) is 69.7 Å². The van der Waals surface area contributed by atoms with Gasteiger partial charge in [-0.15, -0.1) is 21.5 Å². The average Bonchev–Trinajstić information content (AvgIpc) is 3.73. The molecule has 3 aromatic rings. The molecule has 2 amide bonds. The Bertz CT molecular complexity index is 1190. The largest absolute Gasteiger partial charge is 0.497 e. The zero-order chi connectivity index (χ0) is 26.3. The Morgan fingerprint density at radius 3 is 2.66 bits per heavy atom. The van der Waals surface area contributed by atoms with E-state index in [1.165, 1.54) is 22.6 Å². The van der Waals surface area contributed by atoms with Crippen molar-refractivity contribution >= 4 is 23.2 Å². The van der Waals surface area contributed by atoms with Crippen LogP contribution in [0.4, 0.5) is 0 Å². The van der Waals surface area contributed by atoms with E-state index in [4.69, 9.17) is 9.47 Å². The van der Waals surface area contributed by atoms with Crippen LogP contribution in [-0.2, 0) is 20.9 Å². The van der Waals surface area contributed by atoms with Crippen LogP contribution in [0, 0.1) is 0 Å².